The molecule has 1 N–H and O–H groups in total. The summed E-state index contributed by atoms with van der Waals surface area (Å²) in [6.07, 6.45) is -1.32. The highest BCUT2D eigenvalue weighted by atomic mass is 32.2. The third kappa shape index (κ3) is 8.39. The van der Waals surface area contributed by atoms with Gasteiger partial charge in [-0.05, 0) is 43.5 Å². The van der Waals surface area contributed by atoms with Crippen LogP contribution in [-0.4, -0.2) is 39.8 Å². The number of pyridine rings is 1. The smallest absolute Gasteiger partial charge is 0.433 e. The van der Waals surface area contributed by atoms with Gasteiger partial charge in [0.1, 0.15) is 17.3 Å². The fourth-order valence-electron chi connectivity index (χ4n) is 3.68. The van der Waals surface area contributed by atoms with Gasteiger partial charge in [-0.2, -0.15) is 13.2 Å². The molecule has 0 bridgehead atoms. The van der Waals surface area contributed by atoms with Gasteiger partial charge in [0.25, 0.3) is 0 Å². The van der Waals surface area contributed by atoms with Gasteiger partial charge in [-0.25, -0.2) is 9.37 Å². The molecule has 12 heteroatoms. The lowest BCUT2D eigenvalue weighted by Crippen LogP contribution is -2.32. The van der Waals surface area contributed by atoms with E-state index in [1.807, 2.05) is 18.7 Å². The molecule has 0 saturated carbocycles. The maximum absolute atomic E-state index is 14.5. The van der Waals surface area contributed by atoms with Crippen LogP contribution in [-0.2, 0) is 28.8 Å². The van der Waals surface area contributed by atoms with E-state index in [9.17, 15) is 31.1 Å². The van der Waals surface area contributed by atoms with Crippen molar-refractivity contribution in [1.82, 2.24) is 10.3 Å². The van der Waals surface area contributed by atoms with Crippen LogP contribution >= 0.6 is 0 Å². The molecule has 1 aromatic carbocycles. The Labute approximate surface area is 217 Å². The summed E-state index contributed by atoms with van der Waals surface area (Å²) in [7, 11) is 1.19. The fraction of sp³-hybridized carbons (Fsp3) is 0.520. The molecular weight excluding hydrogens is 512 g/mol. The monoisotopic (exact) mass is 545 g/mol. The van der Waals surface area contributed by atoms with Gasteiger partial charge >= 0.3 is 6.18 Å². The van der Waals surface area contributed by atoms with E-state index < -0.39 is 40.8 Å². The Balaban J connectivity index is 2.27. The lowest BCUT2D eigenvalue weighted by atomic mass is 9.99. The first-order valence-electron chi connectivity index (χ1n) is 12.1. The number of hydrogen-bond donors (Lipinski definition) is 1. The second-order valence-corrected chi connectivity index (χ2v) is 9.72. The normalized spacial score (nSPS) is 13.2. The number of alkyl halides is 3. The fourth-order valence-corrected chi connectivity index (χ4v) is 3.99. The van der Waals surface area contributed by atoms with E-state index in [4.69, 9.17) is 0 Å². The molecule has 0 aliphatic rings. The molecule has 7 nitrogen and oxygen atoms in total. The van der Waals surface area contributed by atoms with Gasteiger partial charge < -0.3 is 19.1 Å². The van der Waals surface area contributed by atoms with Gasteiger partial charge in [-0.1, -0.05) is 38.8 Å². The predicted octanol–water partition coefficient (Wildman–Crippen LogP) is 5.30. The SMILES string of the molecule is CCCCN(CCCC)c1nc(C(F)(F)F)ccc1CNC(=O)C(C)c1ccc(N(C)S(=O)[O-])c(F)c1. The molecule has 2 unspecified atom stereocenters. The number of hydrogen-bond acceptors (Lipinski definition) is 5. The molecule has 1 aromatic heterocycles. The third-order valence-corrected chi connectivity index (χ3v) is 6.63. The predicted molar refractivity (Wildman–Crippen MR) is 135 cm³/mol. The molecule has 1 heterocycles. The number of anilines is 2. The van der Waals surface area contributed by atoms with Gasteiger partial charge in [0, 0.05) is 43.5 Å². The molecule has 2 atom stereocenters. The topological polar surface area (TPSA) is 88.6 Å². The second kappa shape index (κ2) is 13.7. The minimum Gasteiger partial charge on any atom is -0.755 e. The lowest BCUT2D eigenvalue weighted by molar-refractivity contribution is -0.141. The largest absolute Gasteiger partial charge is 0.755 e. The summed E-state index contributed by atoms with van der Waals surface area (Å²) in [6.45, 7) is 6.56. The first-order chi connectivity index (χ1) is 17.4. The van der Waals surface area contributed by atoms with Crippen LogP contribution in [0, 0.1) is 5.82 Å². The molecule has 2 aromatic rings. The molecule has 0 aliphatic heterocycles. The Kier molecular flexibility index (Phi) is 11.3. The number of benzene rings is 1. The van der Waals surface area contributed by atoms with Crippen LogP contribution in [0.5, 0.6) is 0 Å². The van der Waals surface area contributed by atoms with Crippen LogP contribution in [0.25, 0.3) is 0 Å². The summed E-state index contributed by atoms with van der Waals surface area (Å²) in [5.74, 6) is -1.88. The molecule has 0 saturated heterocycles. The van der Waals surface area contributed by atoms with Crippen molar-refractivity contribution in [3.8, 4) is 0 Å². The summed E-state index contributed by atoms with van der Waals surface area (Å²) >= 11 is -2.66. The van der Waals surface area contributed by atoms with Crippen molar-refractivity contribution in [2.24, 2.45) is 0 Å². The Morgan fingerprint density at radius 2 is 1.76 bits per heavy atom. The molecule has 206 valence electrons. The van der Waals surface area contributed by atoms with Gasteiger partial charge in [0.2, 0.25) is 5.91 Å². The van der Waals surface area contributed by atoms with E-state index in [2.05, 4.69) is 10.3 Å². The summed E-state index contributed by atoms with van der Waals surface area (Å²) < 4.78 is 77.6. The van der Waals surface area contributed by atoms with Crippen molar-refractivity contribution in [1.29, 1.82) is 0 Å². The average molecular weight is 546 g/mol. The quantitative estimate of drug-likeness (QED) is 0.273. The van der Waals surface area contributed by atoms with Crippen molar-refractivity contribution in [2.75, 3.05) is 29.3 Å². The van der Waals surface area contributed by atoms with Crippen LogP contribution in [0.1, 0.15) is 69.2 Å². The number of rotatable bonds is 13. The van der Waals surface area contributed by atoms with E-state index >= 15 is 0 Å². The maximum Gasteiger partial charge on any atom is 0.433 e. The lowest BCUT2D eigenvalue weighted by Gasteiger charge is -2.27. The Morgan fingerprint density at radius 3 is 2.27 bits per heavy atom. The first-order valence-corrected chi connectivity index (χ1v) is 13.2. The Morgan fingerprint density at radius 1 is 1.14 bits per heavy atom. The molecule has 37 heavy (non-hydrogen) atoms. The van der Waals surface area contributed by atoms with E-state index in [0.29, 0.717) is 24.2 Å². The number of carbonyl (C=O) groups excluding carboxylic acids is 1. The summed E-state index contributed by atoms with van der Waals surface area (Å²) in [5.41, 5.74) is -0.392. The first kappa shape index (κ1) is 30.5. The summed E-state index contributed by atoms with van der Waals surface area (Å²) in [4.78, 5) is 18.6. The minimum atomic E-state index is -4.60. The second-order valence-electron chi connectivity index (χ2n) is 8.74. The highest BCUT2D eigenvalue weighted by Gasteiger charge is 2.33. The standard InChI is InChI=1S/C25H34F4N4O3S/c1-5-7-13-33(14-8-6-2)23-19(10-12-22(31-23)25(27,28)29)16-30-24(34)17(3)18-9-11-21(20(26)15-18)32(4)37(35)36/h9-12,15,17H,5-8,13-14,16H2,1-4H3,(H,30,34)(H,35,36)/p-1. The molecule has 0 aliphatic carbocycles. The van der Waals surface area contributed by atoms with Crippen LogP contribution < -0.4 is 14.5 Å². The maximum atomic E-state index is 14.5. The number of unbranched alkanes of at least 4 members (excludes halogenated alkanes) is 2. The highest BCUT2D eigenvalue weighted by molar-refractivity contribution is 7.80. The molecule has 2 rings (SSSR count). The number of amides is 1. The number of carbonyl (C=O) groups is 1. The third-order valence-electron chi connectivity index (χ3n) is 5.99. The van der Waals surface area contributed by atoms with Crippen LogP contribution in [0.2, 0.25) is 0 Å². The van der Waals surface area contributed by atoms with Crippen LogP contribution in [0.3, 0.4) is 0 Å². The molecule has 0 spiro atoms. The Hall–Kier alpha value is -2.73. The van der Waals surface area contributed by atoms with Gasteiger partial charge in [0.05, 0.1) is 11.6 Å². The van der Waals surface area contributed by atoms with E-state index in [1.165, 1.54) is 25.2 Å². The summed E-state index contributed by atoms with van der Waals surface area (Å²) in [5, 5.41) is 2.72. The number of aromatic nitrogens is 1. The van der Waals surface area contributed by atoms with Crippen LogP contribution in [0.15, 0.2) is 30.3 Å². The van der Waals surface area contributed by atoms with Gasteiger partial charge in [-0.3, -0.25) is 9.00 Å². The van der Waals surface area contributed by atoms with E-state index in [0.717, 1.165) is 42.1 Å². The average Bonchev–Trinajstić information content (AvgIpc) is 2.85. The summed E-state index contributed by atoms with van der Waals surface area (Å²) in [6, 6.07) is 6.03. The molecule has 1 amide bonds. The molecule has 0 fully saturated rings. The molecule has 0 radical (unpaired) electrons. The van der Waals surface area contributed by atoms with Crippen LogP contribution in [0.4, 0.5) is 29.1 Å². The van der Waals surface area contributed by atoms with Gasteiger partial charge in [-0.15, -0.1) is 0 Å². The van der Waals surface area contributed by atoms with Crippen molar-refractivity contribution < 1.29 is 31.1 Å². The zero-order valence-electron chi connectivity index (χ0n) is 21.4. The van der Waals surface area contributed by atoms with Crippen molar-refractivity contribution in [3.05, 3.63) is 53.0 Å². The van der Waals surface area contributed by atoms with Crippen molar-refractivity contribution in [2.45, 2.75) is 65.1 Å². The highest BCUT2D eigenvalue weighted by Crippen LogP contribution is 2.31. The van der Waals surface area contributed by atoms with Gasteiger partial charge in [0.15, 0.2) is 0 Å². The molecular formula is C25H33F4N4O3S-. The number of halogens is 4. The minimum absolute atomic E-state index is 0.0587. The number of nitrogens with zero attached hydrogens (tertiary/aromatic N) is 3. The van der Waals surface area contributed by atoms with Crippen molar-refractivity contribution in [3.63, 3.8) is 0 Å². The van der Waals surface area contributed by atoms with Crippen molar-refractivity contribution >= 4 is 28.7 Å². The number of nitrogens with one attached hydrogen (secondary N) is 1. The van der Waals surface area contributed by atoms with E-state index in [-0.39, 0.29) is 18.1 Å². The van der Waals surface area contributed by atoms with E-state index in [1.54, 1.807) is 6.92 Å². The Bertz CT molecular complexity index is 1080. The zero-order chi connectivity index (χ0) is 27.8. The zero-order valence-corrected chi connectivity index (χ0v) is 22.2.